The third kappa shape index (κ3) is 7.70. The quantitative estimate of drug-likeness (QED) is 0.251. The fraction of sp³-hybridized carbons (Fsp3) is 0.696. The van der Waals surface area contributed by atoms with Gasteiger partial charge in [-0.25, -0.2) is 25.1 Å². The highest BCUT2D eigenvalue weighted by molar-refractivity contribution is 7.59. The summed E-state index contributed by atoms with van der Waals surface area (Å²) in [5, 5.41) is 5.72. The van der Waals surface area contributed by atoms with Gasteiger partial charge in [0.1, 0.15) is 35.9 Å². The molecule has 0 bridgehead atoms. The van der Waals surface area contributed by atoms with Crippen molar-refractivity contribution in [2.24, 2.45) is 0 Å². The largest absolute Gasteiger partial charge is 0.462 e. The van der Waals surface area contributed by atoms with Crippen LogP contribution in [0.15, 0.2) is 12.7 Å². The zero-order chi connectivity index (χ0) is 27.4. The predicted octanol–water partition coefficient (Wildman–Crippen LogP) is 2.36. The van der Waals surface area contributed by atoms with Gasteiger partial charge in [-0.05, 0) is 60.8 Å². The van der Waals surface area contributed by atoms with Crippen molar-refractivity contribution in [2.45, 2.75) is 97.2 Å². The molecule has 1 fully saturated rings. The molecule has 3 rings (SSSR count). The van der Waals surface area contributed by atoms with Crippen LogP contribution in [0.25, 0.3) is 11.2 Å². The fourth-order valence-electron chi connectivity index (χ4n) is 3.68. The maximum absolute atomic E-state index is 14.0. The first kappa shape index (κ1) is 29.0. The molecule has 0 unspecified atom stereocenters. The van der Waals surface area contributed by atoms with E-state index in [1.165, 1.54) is 6.33 Å². The van der Waals surface area contributed by atoms with Gasteiger partial charge in [0.2, 0.25) is 7.44 Å². The number of carbonyl (C=O) groups is 2. The first-order valence-corrected chi connectivity index (χ1v) is 14.3. The Morgan fingerprint density at radius 1 is 1.22 bits per heavy atom. The van der Waals surface area contributed by atoms with Crippen LogP contribution in [0.4, 0.5) is 5.82 Å². The predicted molar refractivity (Wildman–Crippen MR) is 138 cm³/mol. The second-order valence-corrected chi connectivity index (χ2v) is 12.4. The minimum absolute atomic E-state index is 0.110. The number of carbonyl (C=O) groups excluding carboxylic acids is 2. The molecule has 206 valence electrons. The second kappa shape index (κ2) is 11.8. The minimum atomic E-state index is -3.68. The highest BCUT2D eigenvalue weighted by Gasteiger charge is 2.40. The van der Waals surface area contributed by atoms with Crippen molar-refractivity contribution in [1.29, 1.82) is 0 Å². The highest BCUT2D eigenvalue weighted by atomic mass is 31.2. The molecule has 1 aliphatic carbocycles. The molecule has 2 aromatic heterocycles. The summed E-state index contributed by atoms with van der Waals surface area (Å²) in [6.45, 7) is 10.3. The average Bonchev–Trinajstić information content (AvgIpc) is 3.18. The van der Waals surface area contributed by atoms with E-state index >= 15 is 0 Å². The van der Waals surface area contributed by atoms with Gasteiger partial charge in [-0.2, -0.15) is 0 Å². The van der Waals surface area contributed by atoms with Crippen molar-refractivity contribution < 1.29 is 28.4 Å². The van der Waals surface area contributed by atoms with E-state index in [4.69, 9.17) is 19.9 Å². The molecular formula is C23H38N7O6P. The lowest BCUT2D eigenvalue weighted by molar-refractivity contribution is -0.154. The molecule has 14 heteroatoms. The number of nitrogens with two attached hydrogens (primary N) is 1. The van der Waals surface area contributed by atoms with Gasteiger partial charge in [0, 0.05) is 0 Å². The lowest BCUT2D eigenvalue weighted by Crippen LogP contribution is -2.51. The van der Waals surface area contributed by atoms with Crippen LogP contribution in [0.3, 0.4) is 0 Å². The number of aromatic nitrogens is 4. The van der Waals surface area contributed by atoms with E-state index < -0.39 is 37.1 Å². The molecule has 0 spiro atoms. The summed E-state index contributed by atoms with van der Waals surface area (Å²) in [5.41, 5.74) is 5.56. The number of fused-ring (bicyclic) bond motifs is 1. The second-order valence-electron chi connectivity index (χ2n) is 10.2. The van der Waals surface area contributed by atoms with Crippen LogP contribution >= 0.6 is 7.44 Å². The van der Waals surface area contributed by atoms with E-state index in [2.05, 4.69) is 25.1 Å². The van der Waals surface area contributed by atoms with Crippen LogP contribution in [0.5, 0.6) is 0 Å². The Hall–Kier alpha value is -2.60. The number of hydrogen-bond donors (Lipinski definition) is 3. The van der Waals surface area contributed by atoms with Crippen LogP contribution in [0, 0.1) is 0 Å². The van der Waals surface area contributed by atoms with Crippen LogP contribution < -0.4 is 15.9 Å². The topological polar surface area (TPSA) is 173 Å². The number of imidazole rings is 1. The molecule has 37 heavy (non-hydrogen) atoms. The first-order chi connectivity index (χ1) is 17.3. The molecule has 0 saturated heterocycles. The molecule has 0 amide bonds. The van der Waals surface area contributed by atoms with E-state index in [9.17, 15) is 14.2 Å². The Kier molecular flexibility index (Phi) is 9.27. The van der Waals surface area contributed by atoms with E-state index in [1.54, 1.807) is 52.4 Å². The van der Waals surface area contributed by atoms with E-state index in [-0.39, 0.29) is 24.4 Å². The number of nitrogens with one attached hydrogen (secondary N) is 2. The zero-order valence-corrected chi connectivity index (χ0v) is 23.2. The Balaban J connectivity index is 1.71. The first-order valence-electron chi connectivity index (χ1n) is 12.4. The summed E-state index contributed by atoms with van der Waals surface area (Å²) >= 11 is 0. The third-order valence-electron chi connectivity index (χ3n) is 5.83. The molecule has 1 saturated carbocycles. The van der Waals surface area contributed by atoms with Crippen molar-refractivity contribution >= 4 is 36.4 Å². The van der Waals surface area contributed by atoms with Gasteiger partial charge in [-0.15, -0.1) is 0 Å². The highest BCUT2D eigenvalue weighted by Crippen LogP contribution is 2.40. The van der Waals surface area contributed by atoms with Crippen molar-refractivity contribution in [3.63, 3.8) is 0 Å². The number of esters is 2. The average molecular weight is 540 g/mol. The number of anilines is 1. The zero-order valence-electron chi connectivity index (χ0n) is 22.3. The summed E-state index contributed by atoms with van der Waals surface area (Å²) in [7, 11) is -3.68. The van der Waals surface area contributed by atoms with Gasteiger partial charge in [0.05, 0.1) is 25.1 Å². The maximum Gasteiger partial charge on any atom is 0.326 e. The van der Waals surface area contributed by atoms with Crippen molar-refractivity contribution in [1.82, 2.24) is 29.7 Å². The standard InChI is InChI=1S/C23H38N7O6P/c1-14(2)35-22(32)23(5,6)29-37(33,28-16(4)21(31)36-17-8-7-9-17)13-34-15(3)10-30-12-27-18-19(24)25-11-26-20(18)30/h11-12,14-17H,7-10,13H2,1-6H3,(H2,24,25,26)(H2,28,29,33)/t15-,16-,37-/m1/s1. The van der Waals surface area contributed by atoms with Crippen molar-refractivity contribution in [2.75, 3.05) is 12.1 Å². The van der Waals surface area contributed by atoms with Gasteiger partial charge >= 0.3 is 11.9 Å². The number of rotatable bonds is 13. The smallest absolute Gasteiger partial charge is 0.326 e. The number of ether oxygens (including phenoxy) is 3. The van der Waals surface area contributed by atoms with E-state index in [0.29, 0.717) is 17.7 Å². The van der Waals surface area contributed by atoms with Crippen LogP contribution in [-0.2, 0) is 34.9 Å². The molecular weight excluding hydrogens is 501 g/mol. The van der Waals surface area contributed by atoms with E-state index in [0.717, 1.165) is 19.3 Å². The molecule has 3 atom stereocenters. The van der Waals surface area contributed by atoms with Crippen molar-refractivity contribution in [3.05, 3.63) is 12.7 Å². The molecule has 13 nitrogen and oxygen atoms in total. The molecule has 4 N–H and O–H groups in total. The van der Waals surface area contributed by atoms with Crippen LogP contribution in [0.1, 0.15) is 60.8 Å². The van der Waals surface area contributed by atoms with Gasteiger partial charge in [-0.3, -0.25) is 14.2 Å². The maximum atomic E-state index is 14.0. The van der Waals surface area contributed by atoms with Crippen molar-refractivity contribution in [3.8, 4) is 0 Å². The summed E-state index contributed by atoms with van der Waals surface area (Å²) in [5.74, 6) is -0.817. The van der Waals surface area contributed by atoms with Gasteiger partial charge in [0.25, 0.3) is 0 Å². The molecule has 2 aromatic rings. The molecule has 2 heterocycles. The summed E-state index contributed by atoms with van der Waals surface area (Å²) < 4.78 is 32.5. The van der Waals surface area contributed by atoms with Crippen LogP contribution in [0.2, 0.25) is 0 Å². The lowest BCUT2D eigenvalue weighted by atomic mass is 9.96. The minimum Gasteiger partial charge on any atom is -0.462 e. The Morgan fingerprint density at radius 3 is 2.54 bits per heavy atom. The third-order valence-corrected chi connectivity index (χ3v) is 8.07. The molecule has 0 aliphatic heterocycles. The normalized spacial score (nSPS) is 17.7. The lowest BCUT2D eigenvalue weighted by Gasteiger charge is -2.33. The molecule has 1 aliphatic rings. The SMILES string of the molecule is CC(C)OC(=O)C(C)(C)N[P@@](=O)(CO[C@H](C)Cn1cnc2c(N)ncnc21)N[C@H](C)C(=O)OC1CCC1. The monoisotopic (exact) mass is 539 g/mol. The van der Waals surface area contributed by atoms with Crippen LogP contribution in [-0.4, -0.2) is 67.7 Å². The van der Waals surface area contributed by atoms with Gasteiger partial charge in [0.15, 0.2) is 11.5 Å². The molecule has 0 aromatic carbocycles. The summed E-state index contributed by atoms with van der Waals surface area (Å²) in [4.78, 5) is 37.6. The number of hydrogen-bond acceptors (Lipinski definition) is 10. The Bertz CT molecular complexity index is 1150. The van der Waals surface area contributed by atoms with Gasteiger partial charge in [-0.1, -0.05) is 0 Å². The molecule has 0 radical (unpaired) electrons. The fourth-order valence-corrected chi connectivity index (χ4v) is 6.07. The van der Waals surface area contributed by atoms with E-state index in [1.807, 2.05) is 0 Å². The van der Waals surface area contributed by atoms with Gasteiger partial charge < -0.3 is 24.5 Å². The Morgan fingerprint density at radius 2 is 1.92 bits per heavy atom. The summed E-state index contributed by atoms with van der Waals surface area (Å²) in [6, 6.07) is -0.896. The summed E-state index contributed by atoms with van der Waals surface area (Å²) in [6.07, 6.45) is 4.39. The number of nitrogens with zero attached hydrogens (tertiary/aromatic N) is 4. The number of nitrogen functional groups attached to an aromatic ring is 1. The Labute approximate surface area is 216 Å².